The smallest absolute Gasteiger partial charge is 0.240 e. The van der Waals surface area contributed by atoms with Gasteiger partial charge in [-0.25, -0.2) is 15.8 Å². The number of rotatable bonds is 4. The summed E-state index contributed by atoms with van der Waals surface area (Å²) in [5, 5.41) is 0.850. The quantitative estimate of drug-likeness (QED) is 0.258. The minimum Gasteiger partial charge on any atom is -0.294 e. The van der Waals surface area contributed by atoms with Gasteiger partial charge in [0.1, 0.15) is 6.33 Å². The number of hydrogen-bond donors (Lipinski definition) is 2. The summed E-state index contributed by atoms with van der Waals surface area (Å²) >= 11 is 1.50. The first-order valence-electron chi connectivity index (χ1n) is 4.46. The Bertz CT molecular complexity index is 328. The first-order chi connectivity index (χ1) is 7.06. The van der Waals surface area contributed by atoms with Crippen LogP contribution >= 0.6 is 11.8 Å². The van der Waals surface area contributed by atoms with Crippen molar-refractivity contribution in [1.82, 2.24) is 15.4 Å². The van der Waals surface area contributed by atoms with Crippen LogP contribution in [0.15, 0.2) is 23.6 Å². The fraction of sp³-hybridized carbons (Fsp3) is 0.444. The average Bonchev–Trinajstić information content (AvgIpc) is 2.27. The second kappa shape index (κ2) is 5.09. The van der Waals surface area contributed by atoms with Crippen LogP contribution in [0.3, 0.4) is 0 Å². The summed E-state index contributed by atoms with van der Waals surface area (Å²) in [6.45, 7) is 3.67. The van der Waals surface area contributed by atoms with E-state index >= 15 is 0 Å². The molecule has 1 aromatic rings. The molecule has 0 aromatic carbocycles. The zero-order chi connectivity index (χ0) is 11.3. The van der Waals surface area contributed by atoms with Gasteiger partial charge in [-0.3, -0.25) is 10.2 Å². The van der Waals surface area contributed by atoms with E-state index in [1.54, 1.807) is 12.3 Å². The number of hydrazine groups is 1. The summed E-state index contributed by atoms with van der Waals surface area (Å²) < 4.78 is 0. The highest BCUT2D eigenvalue weighted by molar-refractivity contribution is 7.99. The van der Waals surface area contributed by atoms with E-state index in [1.807, 2.05) is 13.8 Å². The Morgan fingerprint density at radius 3 is 2.93 bits per heavy atom. The lowest BCUT2D eigenvalue weighted by molar-refractivity contribution is -0.128. The largest absolute Gasteiger partial charge is 0.294 e. The van der Waals surface area contributed by atoms with E-state index in [2.05, 4.69) is 15.4 Å². The van der Waals surface area contributed by atoms with E-state index in [1.165, 1.54) is 18.1 Å². The van der Waals surface area contributed by atoms with Crippen LogP contribution in [0, 0.1) is 5.41 Å². The van der Waals surface area contributed by atoms with Gasteiger partial charge in [0.2, 0.25) is 5.91 Å². The van der Waals surface area contributed by atoms with Crippen molar-refractivity contribution < 1.29 is 4.79 Å². The molecule has 1 amide bonds. The van der Waals surface area contributed by atoms with Crippen LogP contribution in [-0.4, -0.2) is 21.6 Å². The summed E-state index contributed by atoms with van der Waals surface area (Å²) in [5.74, 6) is 5.53. The van der Waals surface area contributed by atoms with Gasteiger partial charge in [-0.1, -0.05) is 13.8 Å². The van der Waals surface area contributed by atoms with Crippen LogP contribution in [0.1, 0.15) is 13.8 Å². The molecule has 1 rings (SSSR count). The first-order valence-corrected chi connectivity index (χ1v) is 5.44. The molecule has 1 heterocycles. The molecule has 0 bridgehead atoms. The van der Waals surface area contributed by atoms with Gasteiger partial charge in [0, 0.05) is 11.9 Å². The second-order valence-electron chi connectivity index (χ2n) is 3.69. The molecule has 0 aliphatic rings. The van der Waals surface area contributed by atoms with Crippen molar-refractivity contribution >= 4 is 17.7 Å². The Balaban J connectivity index is 2.53. The summed E-state index contributed by atoms with van der Waals surface area (Å²) in [6, 6.07) is 1.81. The second-order valence-corrected chi connectivity index (χ2v) is 4.69. The predicted molar refractivity (Wildman–Crippen MR) is 58.9 cm³/mol. The molecule has 0 spiro atoms. The third-order valence-corrected chi connectivity index (χ3v) is 3.28. The van der Waals surface area contributed by atoms with Gasteiger partial charge in [-0.2, -0.15) is 0 Å². The van der Waals surface area contributed by atoms with Gasteiger partial charge in [-0.15, -0.1) is 11.8 Å². The molecule has 0 aliphatic carbocycles. The Labute approximate surface area is 92.8 Å². The van der Waals surface area contributed by atoms with Gasteiger partial charge < -0.3 is 0 Å². The Kier molecular flexibility index (Phi) is 4.05. The van der Waals surface area contributed by atoms with Gasteiger partial charge in [0.25, 0.3) is 0 Å². The maximum atomic E-state index is 11.4. The topological polar surface area (TPSA) is 80.9 Å². The fourth-order valence-corrected chi connectivity index (χ4v) is 1.80. The van der Waals surface area contributed by atoms with Gasteiger partial charge in [0.05, 0.1) is 10.4 Å². The molecule has 0 aliphatic heterocycles. The van der Waals surface area contributed by atoms with Crippen molar-refractivity contribution in [1.29, 1.82) is 0 Å². The lowest BCUT2D eigenvalue weighted by atomic mass is 9.96. The van der Waals surface area contributed by atoms with Crippen molar-refractivity contribution in [2.75, 3.05) is 5.75 Å². The van der Waals surface area contributed by atoms with Crippen LogP contribution in [0.2, 0.25) is 0 Å². The SMILES string of the molecule is CC(C)(CSc1ccncn1)C(=O)NN. The molecule has 0 saturated heterocycles. The highest BCUT2D eigenvalue weighted by Gasteiger charge is 2.27. The molecule has 0 atom stereocenters. The van der Waals surface area contributed by atoms with E-state index in [4.69, 9.17) is 5.84 Å². The summed E-state index contributed by atoms with van der Waals surface area (Å²) in [4.78, 5) is 19.2. The molecular weight excluding hydrogens is 212 g/mol. The molecule has 5 nitrogen and oxygen atoms in total. The third-order valence-electron chi connectivity index (χ3n) is 1.88. The zero-order valence-corrected chi connectivity index (χ0v) is 9.54. The number of nitrogens with one attached hydrogen (secondary N) is 1. The number of amides is 1. The zero-order valence-electron chi connectivity index (χ0n) is 8.73. The maximum Gasteiger partial charge on any atom is 0.240 e. The van der Waals surface area contributed by atoms with Crippen molar-refractivity contribution in [2.24, 2.45) is 11.3 Å². The highest BCUT2D eigenvalue weighted by Crippen LogP contribution is 2.25. The summed E-state index contributed by atoms with van der Waals surface area (Å²) in [6.07, 6.45) is 3.16. The number of nitrogens with two attached hydrogens (primary N) is 1. The standard InChI is InChI=1S/C9H14N4OS/c1-9(2,8(14)13-10)5-15-7-3-4-11-6-12-7/h3-4,6H,5,10H2,1-2H3,(H,13,14). The van der Waals surface area contributed by atoms with Crippen molar-refractivity contribution in [3.05, 3.63) is 18.6 Å². The van der Waals surface area contributed by atoms with E-state index in [-0.39, 0.29) is 5.91 Å². The molecule has 0 radical (unpaired) electrons. The van der Waals surface area contributed by atoms with Crippen LogP contribution in [0.4, 0.5) is 0 Å². The average molecular weight is 226 g/mol. The van der Waals surface area contributed by atoms with Gasteiger partial charge >= 0.3 is 0 Å². The molecule has 0 unspecified atom stereocenters. The number of thioether (sulfide) groups is 1. The van der Waals surface area contributed by atoms with Crippen molar-refractivity contribution in [3.8, 4) is 0 Å². The van der Waals surface area contributed by atoms with E-state index < -0.39 is 5.41 Å². The molecule has 82 valence electrons. The molecule has 3 N–H and O–H groups in total. The minimum absolute atomic E-state index is 0.177. The predicted octanol–water partition coefficient (Wildman–Crippen LogP) is 0.585. The Hall–Kier alpha value is -1.14. The normalized spacial score (nSPS) is 11.1. The summed E-state index contributed by atoms with van der Waals surface area (Å²) in [7, 11) is 0. The van der Waals surface area contributed by atoms with Crippen LogP contribution in [0.5, 0.6) is 0 Å². The lowest BCUT2D eigenvalue weighted by Gasteiger charge is -2.21. The number of nitrogens with zero attached hydrogens (tertiary/aromatic N) is 2. The number of carbonyl (C=O) groups is 1. The lowest BCUT2D eigenvalue weighted by Crippen LogP contribution is -2.42. The number of carbonyl (C=O) groups excluding carboxylic acids is 1. The van der Waals surface area contributed by atoms with E-state index in [9.17, 15) is 4.79 Å². The first kappa shape index (κ1) is 11.9. The maximum absolute atomic E-state index is 11.4. The number of hydrogen-bond acceptors (Lipinski definition) is 5. The molecule has 0 saturated carbocycles. The Morgan fingerprint density at radius 2 is 2.40 bits per heavy atom. The summed E-state index contributed by atoms with van der Waals surface area (Å²) in [5.41, 5.74) is 1.65. The third kappa shape index (κ3) is 3.49. The minimum atomic E-state index is -0.510. The molecule has 1 aromatic heterocycles. The Morgan fingerprint density at radius 1 is 1.67 bits per heavy atom. The molecular formula is C9H14N4OS. The van der Waals surface area contributed by atoms with Crippen LogP contribution < -0.4 is 11.3 Å². The highest BCUT2D eigenvalue weighted by atomic mass is 32.2. The van der Waals surface area contributed by atoms with Crippen LogP contribution in [-0.2, 0) is 4.79 Å². The van der Waals surface area contributed by atoms with Gasteiger partial charge in [-0.05, 0) is 6.07 Å². The fourth-order valence-electron chi connectivity index (χ4n) is 0.879. The number of aromatic nitrogens is 2. The molecule has 15 heavy (non-hydrogen) atoms. The van der Waals surface area contributed by atoms with Gasteiger partial charge in [0.15, 0.2) is 0 Å². The van der Waals surface area contributed by atoms with E-state index in [0.29, 0.717) is 5.75 Å². The van der Waals surface area contributed by atoms with Crippen LogP contribution in [0.25, 0.3) is 0 Å². The molecule has 0 fully saturated rings. The van der Waals surface area contributed by atoms with Crippen molar-refractivity contribution in [2.45, 2.75) is 18.9 Å². The van der Waals surface area contributed by atoms with E-state index in [0.717, 1.165) is 5.03 Å². The van der Waals surface area contributed by atoms with Crippen molar-refractivity contribution in [3.63, 3.8) is 0 Å². The monoisotopic (exact) mass is 226 g/mol. The molecule has 6 heteroatoms.